The quantitative estimate of drug-likeness (QED) is 0.804. The second-order valence-electron chi connectivity index (χ2n) is 5.47. The maximum absolute atomic E-state index is 12.4. The lowest BCUT2D eigenvalue weighted by Crippen LogP contribution is -2.12. The van der Waals surface area contributed by atoms with E-state index in [4.69, 9.17) is 4.74 Å². The van der Waals surface area contributed by atoms with Gasteiger partial charge in [-0.05, 0) is 30.0 Å². The first kappa shape index (κ1) is 17.5. The SMILES string of the molecule is CCC(C)c1ccc(S(=O)(=O)Nc2cnn(CCOC)c2)cc1. The average Bonchev–Trinajstić information content (AvgIpc) is 2.99. The molecule has 6 nitrogen and oxygen atoms in total. The minimum absolute atomic E-state index is 0.245. The van der Waals surface area contributed by atoms with Crippen LogP contribution in [0.1, 0.15) is 31.7 Å². The largest absolute Gasteiger partial charge is 0.383 e. The Bertz CT molecular complexity index is 723. The van der Waals surface area contributed by atoms with Gasteiger partial charge in [-0.3, -0.25) is 9.40 Å². The average molecular weight is 337 g/mol. The van der Waals surface area contributed by atoms with Crippen LogP contribution in [-0.2, 0) is 21.3 Å². The topological polar surface area (TPSA) is 73.2 Å². The molecule has 0 fully saturated rings. The minimum Gasteiger partial charge on any atom is -0.383 e. The van der Waals surface area contributed by atoms with Gasteiger partial charge in [-0.25, -0.2) is 8.42 Å². The molecule has 23 heavy (non-hydrogen) atoms. The highest BCUT2D eigenvalue weighted by molar-refractivity contribution is 7.92. The highest BCUT2D eigenvalue weighted by Crippen LogP contribution is 2.21. The Kier molecular flexibility index (Phi) is 5.79. The van der Waals surface area contributed by atoms with Crippen molar-refractivity contribution in [2.24, 2.45) is 0 Å². The van der Waals surface area contributed by atoms with Crippen molar-refractivity contribution in [3.8, 4) is 0 Å². The van der Waals surface area contributed by atoms with Crippen LogP contribution in [0.3, 0.4) is 0 Å². The number of nitrogens with one attached hydrogen (secondary N) is 1. The Morgan fingerprint density at radius 2 is 2.00 bits per heavy atom. The van der Waals surface area contributed by atoms with Gasteiger partial charge in [0.1, 0.15) is 0 Å². The fraction of sp³-hybridized carbons (Fsp3) is 0.438. The van der Waals surface area contributed by atoms with Crippen LogP contribution >= 0.6 is 0 Å². The molecule has 0 aliphatic carbocycles. The summed E-state index contributed by atoms with van der Waals surface area (Å²) in [5.74, 6) is 0.415. The Morgan fingerprint density at radius 3 is 2.61 bits per heavy atom. The van der Waals surface area contributed by atoms with Crippen molar-refractivity contribution in [3.63, 3.8) is 0 Å². The standard InChI is InChI=1S/C16H23N3O3S/c1-4-13(2)14-5-7-16(8-6-14)23(20,21)18-15-11-17-19(12-15)9-10-22-3/h5-8,11-13,18H,4,9-10H2,1-3H3. The molecule has 0 spiro atoms. The monoisotopic (exact) mass is 337 g/mol. The van der Waals surface area contributed by atoms with Gasteiger partial charge >= 0.3 is 0 Å². The smallest absolute Gasteiger partial charge is 0.261 e. The van der Waals surface area contributed by atoms with E-state index in [2.05, 4.69) is 23.7 Å². The number of ether oxygens (including phenoxy) is 1. The minimum atomic E-state index is -3.60. The fourth-order valence-corrected chi connectivity index (χ4v) is 3.18. The lowest BCUT2D eigenvalue weighted by Gasteiger charge is -2.10. The zero-order valence-electron chi connectivity index (χ0n) is 13.7. The molecule has 1 aromatic carbocycles. The summed E-state index contributed by atoms with van der Waals surface area (Å²) >= 11 is 0. The van der Waals surface area contributed by atoms with E-state index in [1.54, 1.807) is 30.1 Å². The number of nitrogens with zero attached hydrogens (tertiary/aromatic N) is 2. The van der Waals surface area contributed by atoms with Gasteiger partial charge in [-0.15, -0.1) is 0 Å². The Balaban J connectivity index is 2.10. The van der Waals surface area contributed by atoms with Crippen LogP contribution in [0.2, 0.25) is 0 Å². The van der Waals surface area contributed by atoms with Gasteiger partial charge in [-0.2, -0.15) is 5.10 Å². The second-order valence-corrected chi connectivity index (χ2v) is 7.15. The number of hydrogen-bond donors (Lipinski definition) is 1. The number of benzene rings is 1. The van der Waals surface area contributed by atoms with Crippen molar-refractivity contribution in [1.29, 1.82) is 0 Å². The van der Waals surface area contributed by atoms with Gasteiger partial charge in [0.05, 0.1) is 29.9 Å². The molecule has 2 rings (SSSR count). The molecule has 1 heterocycles. The molecule has 0 bridgehead atoms. The third kappa shape index (κ3) is 4.56. The molecule has 0 radical (unpaired) electrons. The van der Waals surface area contributed by atoms with Crippen molar-refractivity contribution >= 4 is 15.7 Å². The molecular formula is C16H23N3O3S. The molecule has 0 saturated carbocycles. The highest BCUT2D eigenvalue weighted by Gasteiger charge is 2.15. The Morgan fingerprint density at radius 1 is 1.30 bits per heavy atom. The number of hydrogen-bond acceptors (Lipinski definition) is 4. The Labute approximate surface area is 137 Å². The van der Waals surface area contributed by atoms with Crippen molar-refractivity contribution in [2.45, 2.75) is 37.6 Å². The third-order valence-corrected chi connectivity index (χ3v) is 5.18. The van der Waals surface area contributed by atoms with Gasteiger partial charge in [0.25, 0.3) is 10.0 Å². The van der Waals surface area contributed by atoms with Crippen molar-refractivity contribution in [1.82, 2.24) is 9.78 Å². The molecule has 1 N–H and O–H groups in total. The maximum Gasteiger partial charge on any atom is 0.261 e. The van der Waals surface area contributed by atoms with Crippen molar-refractivity contribution in [3.05, 3.63) is 42.2 Å². The molecule has 1 unspecified atom stereocenters. The Hall–Kier alpha value is -1.86. The summed E-state index contributed by atoms with van der Waals surface area (Å²) in [6, 6.07) is 7.01. The van der Waals surface area contributed by atoms with Crippen LogP contribution in [0.5, 0.6) is 0 Å². The van der Waals surface area contributed by atoms with E-state index < -0.39 is 10.0 Å². The summed E-state index contributed by atoms with van der Waals surface area (Å²) in [5, 5.41) is 4.09. The van der Waals surface area contributed by atoms with Crippen molar-refractivity contribution < 1.29 is 13.2 Å². The molecule has 0 aliphatic rings. The molecule has 0 aliphatic heterocycles. The summed E-state index contributed by atoms with van der Waals surface area (Å²) in [6.07, 6.45) is 4.15. The number of aromatic nitrogens is 2. The van der Waals surface area contributed by atoms with E-state index in [9.17, 15) is 8.42 Å². The molecule has 0 amide bonds. The molecule has 7 heteroatoms. The summed E-state index contributed by atoms with van der Waals surface area (Å²) in [7, 11) is -2.00. The summed E-state index contributed by atoms with van der Waals surface area (Å²) in [6.45, 7) is 5.32. The van der Waals surface area contributed by atoms with Gasteiger partial charge in [-0.1, -0.05) is 26.0 Å². The zero-order valence-corrected chi connectivity index (χ0v) is 14.5. The highest BCUT2D eigenvalue weighted by atomic mass is 32.2. The first-order valence-electron chi connectivity index (χ1n) is 7.60. The van der Waals surface area contributed by atoms with Gasteiger partial charge in [0, 0.05) is 13.3 Å². The lowest BCUT2D eigenvalue weighted by molar-refractivity contribution is 0.183. The molecule has 1 atom stereocenters. The first-order valence-corrected chi connectivity index (χ1v) is 9.08. The number of sulfonamides is 1. The van der Waals surface area contributed by atoms with E-state index in [1.807, 2.05) is 12.1 Å². The summed E-state index contributed by atoms with van der Waals surface area (Å²) < 4.78 is 33.9. The van der Waals surface area contributed by atoms with Crippen molar-refractivity contribution in [2.75, 3.05) is 18.4 Å². The van der Waals surface area contributed by atoms with E-state index in [-0.39, 0.29) is 4.90 Å². The van der Waals surface area contributed by atoms with E-state index in [0.717, 1.165) is 12.0 Å². The summed E-state index contributed by atoms with van der Waals surface area (Å²) in [4.78, 5) is 0.245. The van der Waals surface area contributed by atoms with Crippen LogP contribution < -0.4 is 4.72 Å². The molecule has 0 saturated heterocycles. The maximum atomic E-state index is 12.4. The molecule has 1 aromatic heterocycles. The predicted molar refractivity (Wildman–Crippen MR) is 90.1 cm³/mol. The number of anilines is 1. The molecule has 126 valence electrons. The van der Waals surface area contributed by atoms with E-state index >= 15 is 0 Å². The van der Waals surface area contributed by atoms with Crippen LogP contribution in [0, 0.1) is 0 Å². The molecule has 2 aromatic rings. The number of methoxy groups -OCH3 is 1. The molecular weight excluding hydrogens is 314 g/mol. The van der Waals surface area contributed by atoms with E-state index in [0.29, 0.717) is 24.8 Å². The first-order chi connectivity index (χ1) is 11.0. The number of rotatable bonds is 8. The van der Waals surface area contributed by atoms with Crippen LogP contribution in [0.15, 0.2) is 41.6 Å². The van der Waals surface area contributed by atoms with Crippen LogP contribution in [0.25, 0.3) is 0 Å². The van der Waals surface area contributed by atoms with Crippen LogP contribution in [0.4, 0.5) is 5.69 Å². The summed E-state index contributed by atoms with van der Waals surface area (Å²) in [5.41, 5.74) is 1.57. The van der Waals surface area contributed by atoms with Crippen LogP contribution in [-0.4, -0.2) is 31.9 Å². The van der Waals surface area contributed by atoms with Gasteiger partial charge in [0.15, 0.2) is 0 Å². The fourth-order valence-electron chi connectivity index (χ4n) is 2.15. The lowest BCUT2D eigenvalue weighted by atomic mass is 9.99. The van der Waals surface area contributed by atoms with Gasteiger partial charge < -0.3 is 4.74 Å². The third-order valence-electron chi connectivity index (χ3n) is 3.78. The predicted octanol–water partition coefficient (Wildman–Crippen LogP) is 2.84. The van der Waals surface area contributed by atoms with E-state index in [1.165, 1.54) is 6.20 Å². The zero-order chi connectivity index (χ0) is 16.9. The normalized spacial score (nSPS) is 13.0. The van der Waals surface area contributed by atoms with Gasteiger partial charge in [0.2, 0.25) is 0 Å². The second kappa shape index (κ2) is 7.61.